The molecule has 1 N–H and O–H groups in total. The Hall–Kier alpha value is -1.09. The Morgan fingerprint density at radius 1 is 0.769 bits per heavy atom. The highest BCUT2D eigenvalue weighted by molar-refractivity contribution is 9.09. The van der Waals surface area contributed by atoms with E-state index < -0.39 is 0 Å². The molecule has 1 rings (SSSR count). The highest BCUT2D eigenvalue weighted by Crippen LogP contribution is 2.18. The first-order valence-corrected chi connectivity index (χ1v) is 11.4. The lowest BCUT2D eigenvalue weighted by molar-refractivity contribution is -0.121. The third kappa shape index (κ3) is 16.4. The summed E-state index contributed by atoms with van der Waals surface area (Å²) in [6.45, 7) is 0. The molecule has 1 fully saturated rings. The maximum atomic E-state index is 11.5. The van der Waals surface area contributed by atoms with Crippen molar-refractivity contribution in [1.29, 1.82) is 0 Å². The molecule has 1 saturated carbocycles. The minimum atomic E-state index is 0.220. The van der Waals surface area contributed by atoms with E-state index in [1.165, 1.54) is 38.5 Å². The van der Waals surface area contributed by atoms with Gasteiger partial charge in [-0.2, -0.15) is 0 Å². The van der Waals surface area contributed by atoms with Crippen LogP contribution < -0.4 is 5.32 Å². The molecule has 2 nitrogen and oxygen atoms in total. The average Bonchev–Trinajstić information content (AvgIpc) is 3.44. The zero-order valence-electron chi connectivity index (χ0n) is 16.2. The maximum absolute atomic E-state index is 11.5. The summed E-state index contributed by atoms with van der Waals surface area (Å²) >= 11 is 3.46. The van der Waals surface area contributed by atoms with Crippen molar-refractivity contribution >= 4 is 21.8 Å². The van der Waals surface area contributed by atoms with Gasteiger partial charge in [-0.25, -0.2) is 0 Å². The molecule has 0 unspecified atom stereocenters. The van der Waals surface area contributed by atoms with Gasteiger partial charge in [-0.15, -0.1) is 0 Å². The van der Waals surface area contributed by atoms with E-state index in [2.05, 4.69) is 69.9 Å². The Labute approximate surface area is 169 Å². The maximum Gasteiger partial charge on any atom is 0.220 e. The van der Waals surface area contributed by atoms with Crippen LogP contribution in [0.2, 0.25) is 0 Å². The number of hydrogen-bond donors (Lipinski definition) is 1. The van der Waals surface area contributed by atoms with E-state index in [4.69, 9.17) is 0 Å². The number of halogens is 1. The molecule has 26 heavy (non-hydrogen) atoms. The van der Waals surface area contributed by atoms with Crippen molar-refractivity contribution in [2.24, 2.45) is 0 Å². The van der Waals surface area contributed by atoms with Gasteiger partial charge in [-0.05, 0) is 64.2 Å². The number of carbonyl (C=O) groups excluding carboxylic acids is 1. The standard InChI is InChI=1S/C23H36BrNO/c24-21-17-15-13-11-9-7-5-3-1-2-4-6-8-10-12-14-16-18-23(26)25-22-19-20-22/h1,3-4,6-7,9-10,12,22H,2,5,8,11,13-21H2,(H,25,26)/b3-1-,6-4-,9-7-,12-10-. The Balaban J connectivity index is 1.85. The van der Waals surface area contributed by atoms with Crippen LogP contribution in [0.1, 0.15) is 77.0 Å². The Kier molecular flexibility index (Phi) is 15.3. The van der Waals surface area contributed by atoms with Crippen molar-refractivity contribution < 1.29 is 4.79 Å². The number of nitrogens with one attached hydrogen (secondary N) is 1. The minimum absolute atomic E-state index is 0.220. The fraction of sp³-hybridized carbons (Fsp3) is 0.609. The molecule has 0 aliphatic heterocycles. The van der Waals surface area contributed by atoms with Crippen LogP contribution in [-0.2, 0) is 4.79 Å². The van der Waals surface area contributed by atoms with Gasteiger partial charge in [0, 0.05) is 17.8 Å². The third-order valence-corrected chi connectivity index (χ3v) is 4.77. The van der Waals surface area contributed by atoms with Gasteiger partial charge in [-0.3, -0.25) is 4.79 Å². The first kappa shape index (κ1) is 23.0. The van der Waals surface area contributed by atoms with E-state index in [0.29, 0.717) is 12.5 Å². The Morgan fingerprint density at radius 3 is 1.85 bits per heavy atom. The molecule has 0 saturated heterocycles. The molecule has 146 valence electrons. The van der Waals surface area contributed by atoms with Crippen LogP contribution in [0.5, 0.6) is 0 Å². The highest BCUT2D eigenvalue weighted by Gasteiger charge is 2.22. The van der Waals surface area contributed by atoms with Gasteiger partial charge in [-0.1, -0.05) is 71.0 Å². The van der Waals surface area contributed by atoms with Crippen LogP contribution in [0.4, 0.5) is 0 Å². The van der Waals surface area contributed by atoms with Crippen LogP contribution in [0.3, 0.4) is 0 Å². The minimum Gasteiger partial charge on any atom is -0.353 e. The smallest absolute Gasteiger partial charge is 0.220 e. The second-order valence-electron chi connectivity index (χ2n) is 6.87. The lowest BCUT2D eigenvalue weighted by Gasteiger charge is -2.00. The summed E-state index contributed by atoms with van der Waals surface area (Å²) < 4.78 is 0. The lowest BCUT2D eigenvalue weighted by atomic mass is 10.2. The molecule has 1 aliphatic rings. The second kappa shape index (κ2) is 17.3. The van der Waals surface area contributed by atoms with Crippen molar-refractivity contribution in [3.8, 4) is 0 Å². The second-order valence-corrected chi connectivity index (χ2v) is 7.66. The highest BCUT2D eigenvalue weighted by atomic mass is 79.9. The molecule has 1 amide bonds. The van der Waals surface area contributed by atoms with Crippen molar-refractivity contribution in [3.05, 3.63) is 48.6 Å². The van der Waals surface area contributed by atoms with E-state index in [-0.39, 0.29) is 5.91 Å². The predicted molar refractivity (Wildman–Crippen MR) is 118 cm³/mol. The van der Waals surface area contributed by atoms with E-state index >= 15 is 0 Å². The molecule has 0 aromatic heterocycles. The number of unbranched alkanes of at least 4 members (excludes halogenated alkanes) is 4. The monoisotopic (exact) mass is 421 g/mol. The number of allylic oxidation sites excluding steroid dienone is 8. The average molecular weight is 422 g/mol. The largest absolute Gasteiger partial charge is 0.353 e. The summed E-state index contributed by atoms with van der Waals surface area (Å²) in [7, 11) is 0. The van der Waals surface area contributed by atoms with E-state index in [9.17, 15) is 4.79 Å². The lowest BCUT2D eigenvalue weighted by Crippen LogP contribution is -2.24. The predicted octanol–water partition coefficient (Wildman–Crippen LogP) is 6.79. The molecule has 3 heteroatoms. The summed E-state index contributed by atoms with van der Waals surface area (Å²) in [5.41, 5.74) is 0. The van der Waals surface area contributed by atoms with Gasteiger partial charge in [0.25, 0.3) is 0 Å². The zero-order chi connectivity index (χ0) is 18.7. The number of amides is 1. The first-order chi connectivity index (χ1) is 12.8. The van der Waals surface area contributed by atoms with Gasteiger partial charge in [0.05, 0.1) is 0 Å². The molecule has 0 radical (unpaired) electrons. The molecular formula is C23H36BrNO. The van der Waals surface area contributed by atoms with Gasteiger partial charge in [0.1, 0.15) is 0 Å². The number of alkyl halides is 1. The summed E-state index contributed by atoms with van der Waals surface area (Å²) in [6, 6.07) is 0.488. The molecule has 0 spiro atoms. The summed E-state index contributed by atoms with van der Waals surface area (Å²) in [5, 5.41) is 4.15. The van der Waals surface area contributed by atoms with Crippen LogP contribution >= 0.6 is 15.9 Å². The number of rotatable bonds is 16. The van der Waals surface area contributed by atoms with Crippen LogP contribution in [0.25, 0.3) is 0 Å². The molecular weight excluding hydrogens is 386 g/mol. The zero-order valence-corrected chi connectivity index (χ0v) is 17.8. The summed E-state index contributed by atoms with van der Waals surface area (Å²) in [5.74, 6) is 0.220. The molecule has 1 aliphatic carbocycles. The molecule has 0 bridgehead atoms. The molecule has 0 heterocycles. The van der Waals surface area contributed by atoms with Crippen molar-refractivity contribution in [2.75, 3.05) is 5.33 Å². The van der Waals surface area contributed by atoms with Crippen molar-refractivity contribution in [2.45, 2.75) is 83.1 Å². The molecule has 0 atom stereocenters. The topological polar surface area (TPSA) is 29.1 Å². The van der Waals surface area contributed by atoms with Gasteiger partial charge < -0.3 is 5.32 Å². The third-order valence-electron chi connectivity index (χ3n) is 4.20. The Bertz CT molecular complexity index is 461. The van der Waals surface area contributed by atoms with Crippen molar-refractivity contribution in [1.82, 2.24) is 5.32 Å². The van der Waals surface area contributed by atoms with Crippen LogP contribution in [-0.4, -0.2) is 17.3 Å². The van der Waals surface area contributed by atoms with E-state index in [0.717, 1.165) is 37.4 Å². The summed E-state index contributed by atoms with van der Waals surface area (Å²) in [6.07, 6.45) is 30.9. The summed E-state index contributed by atoms with van der Waals surface area (Å²) in [4.78, 5) is 11.5. The fourth-order valence-electron chi connectivity index (χ4n) is 2.49. The van der Waals surface area contributed by atoms with Gasteiger partial charge in [0.2, 0.25) is 5.91 Å². The van der Waals surface area contributed by atoms with Crippen LogP contribution in [0, 0.1) is 0 Å². The normalized spacial score (nSPS) is 15.1. The quantitative estimate of drug-likeness (QED) is 0.166. The first-order valence-electron chi connectivity index (χ1n) is 10.3. The van der Waals surface area contributed by atoms with Crippen LogP contribution in [0.15, 0.2) is 48.6 Å². The SMILES string of the molecule is O=C(CCC/C=C\C/C=C\C/C=C\C/C=C\CCCCCBr)NC1CC1. The Morgan fingerprint density at radius 2 is 1.31 bits per heavy atom. The number of hydrogen-bond acceptors (Lipinski definition) is 1. The fourth-order valence-corrected chi connectivity index (χ4v) is 2.89. The van der Waals surface area contributed by atoms with Gasteiger partial charge in [0.15, 0.2) is 0 Å². The molecule has 0 aromatic rings. The molecule has 0 aromatic carbocycles. The van der Waals surface area contributed by atoms with Gasteiger partial charge >= 0.3 is 0 Å². The van der Waals surface area contributed by atoms with Crippen molar-refractivity contribution in [3.63, 3.8) is 0 Å². The number of carbonyl (C=O) groups is 1. The van der Waals surface area contributed by atoms with E-state index in [1.807, 2.05) is 0 Å². The van der Waals surface area contributed by atoms with E-state index in [1.54, 1.807) is 0 Å².